The second-order valence-corrected chi connectivity index (χ2v) is 10.4. The SMILES string of the molecule is CCCCCCCCCCCCCCN1CCN(CCN2CCN(C(=O)N(CC)CC)CC2)C1=O.Cl. The van der Waals surface area contributed by atoms with Gasteiger partial charge in [0.05, 0.1) is 0 Å². The molecule has 0 N–H and O–H groups in total. The van der Waals surface area contributed by atoms with Crippen LogP contribution in [0.4, 0.5) is 9.59 Å². The Hall–Kier alpha value is -1.21. The van der Waals surface area contributed by atoms with E-state index in [9.17, 15) is 9.59 Å². The van der Waals surface area contributed by atoms with Crippen LogP contribution in [-0.2, 0) is 0 Å². The van der Waals surface area contributed by atoms with Crippen LogP contribution in [0.3, 0.4) is 0 Å². The van der Waals surface area contributed by atoms with Crippen LogP contribution in [0.1, 0.15) is 97.8 Å². The van der Waals surface area contributed by atoms with E-state index in [0.717, 1.165) is 78.4 Å². The summed E-state index contributed by atoms with van der Waals surface area (Å²) in [4.78, 5) is 35.6. The maximum atomic E-state index is 12.8. The minimum absolute atomic E-state index is 0. The van der Waals surface area contributed by atoms with E-state index >= 15 is 0 Å². The maximum absolute atomic E-state index is 12.8. The molecule has 0 atom stereocenters. The number of unbranched alkanes of at least 4 members (excludes halogenated alkanes) is 11. The van der Waals surface area contributed by atoms with Crippen molar-refractivity contribution < 1.29 is 9.59 Å². The molecule has 0 radical (unpaired) electrons. The number of amides is 4. The molecule has 0 aromatic heterocycles. The number of halogens is 1. The monoisotopic (exact) mass is 529 g/mol. The molecule has 8 heteroatoms. The Morgan fingerprint density at radius 2 is 1.11 bits per heavy atom. The van der Waals surface area contributed by atoms with Crippen molar-refractivity contribution >= 4 is 24.5 Å². The summed E-state index contributed by atoms with van der Waals surface area (Å²) in [6.45, 7) is 15.6. The quantitative estimate of drug-likeness (QED) is 0.207. The van der Waals surface area contributed by atoms with Crippen molar-refractivity contribution in [1.82, 2.24) is 24.5 Å². The Labute approximate surface area is 228 Å². The normalized spacial score (nSPS) is 16.5. The first-order valence-electron chi connectivity index (χ1n) is 14.9. The van der Waals surface area contributed by atoms with Gasteiger partial charge < -0.3 is 19.6 Å². The van der Waals surface area contributed by atoms with Crippen molar-refractivity contribution in [3.05, 3.63) is 0 Å². The fourth-order valence-electron chi connectivity index (χ4n) is 5.31. The van der Waals surface area contributed by atoms with Gasteiger partial charge in [0.15, 0.2) is 0 Å². The first-order chi connectivity index (χ1) is 17.1. The van der Waals surface area contributed by atoms with Crippen LogP contribution < -0.4 is 0 Å². The average molecular weight is 530 g/mol. The average Bonchev–Trinajstić information content (AvgIpc) is 3.23. The Morgan fingerprint density at radius 1 is 0.639 bits per heavy atom. The standard InChI is InChI=1S/C28H55N5O2.ClH/c1-4-7-8-9-10-11-12-13-14-15-16-17-18-31-25-26-33(28(31)35)24-21-29-19-22-32(23-20-29)27(34)30(5-2)6-3;/h4-26H2,1-3H3;1H. The van der Waals surface area contributed by atoms with Crippen LogP contribution in [0.25, 0.3) is 0 Å². The predicted octanol–water partition coefficient (Wildman–Crippen LogP) is 5.93. The van der Waals surface area contributed by atoms with Gasteiger partial charge >= 0.3 is 12.1 Å². The molecule has 2 aliphatic heterocycles. The molecule has 0 spiro atoms. The molecule has 0 unspecified atom stereocenters. The topological polar surface area (TPSA) is 50.3 Å². The smallest absolute Gasteiger partial charge is 0.320 e. The molecule has 2 aliphatic rings. The number of hydrogen-bond donors (Lipinski definition) is 0. The van der Waals surface area contributed by atoms with Crippen LogP contribution in [0.5, 0.6) is 0 Å². The summed E-state index contributed by atoms with van der Waals surface area (Å²) < 4.78 is 0. The molecule has 0 saturated carbocycles. The highest BCUT2D eigenvalue weighted by atomic mass is 35.5. The number of piperazine rings is 1. The molecule has 2 rings (SSSR count). The zero-order chi connectivity index (χ0) is 25.3. The number of hydrogen-bond acceptors (Lipinski definition) is 3. The molecule has 4 amide bonds. The highest BCUT2D eigenvalue weighted by Gasteiger charge is 2.29. The molecule has 0 bridgehead atoms. The Kier molecular flexibility index (Phi) is 18.1. The summed E-state index contributed by atoms with van der Waals surface area (Å²) in [6, 6.07) is 0.390. The van der Waals surface area contributed by atoms with Gasteiger partial charge in [-0.3, -0.25) is 4.90 Å². The lowest BCUT2D eigenvalue weighted by Gasteiger charge is -2.37. The molecule has 0 aliphatic carbocycles. The highest BCUT2D eigenvalue weighted by Crippen LogP contribution is 2.14. The predicted molar refractivity (Wildman–Crippen MR) is 153 cm³/mol. The van der Waals surface area contributed by atoms with Crippen molar-refractivity contribution in [2.45, 2.75) is 97.8 Å². The van der Waals surface area contributed by atoms with Gasteiger partial charge in [-0.15, -0.1) is 12.4 Å². The second kappa shape index (κ2) is 19.8. The summed E-state index contributed by atoms with van der Waals surface area (Å²) >= 11 is 0. The molecular formula is C28H56ClN5O2. The number of carbonyl (C=O) groups is 2. The van der Waals surface area contributed by atoms with Crippen molar-refractivity contribution in [1.29, 1.82) is 0 Å². The minimum Gasteiger partial charge on any atom is -0.325 e. The number of nitrogens with zero attached hydrogens (tertiary/aromatic N) is 5. The molecule has 0 aromatic rings. The first-order valence-corrected chi connectivity index (χ1v) is 14.9. The van der Waals surface area contributed by atoms with E-state index in [1.54, 1.807) is 0 Å². The van der Waals surface area contributed by atoms with E-state index in [0.29, 0.717) is 0 Å². The van der Waals surface area contributed by atoms with Gasteiger partial charge in [-0.25, -0.2) is 9.59 Å². The summed E-state index contributed by atoms with van der Waals surface area (Å²) in [5.74, 6) is 0. The first kappa shape index (κ1) is 32.8. The minimum atomic E-state index is 0. The van der Waals surface area contributed by atoms with Gasteiger partial charge in [0.25, 0.3) is 0 Å². The summed E-state index contributed by atoms with van der Waals surface area (Å²) in [6.07, 6.45) is 16.2. The van der Waals surface area contributed by atoms with Gasteiger partial charge in [-0.05, 0) is 20.3 Å². The lowest BCUT2D eigenvalue weighted by atomic mass is 10.1. The highest BCUT2D eigenvalue weighted by molar-refractivity contribution is 5.85. The van der Waals surface area contributed by atoms with E-state index in [1.165, 1.54) is 70.6 Å². The van der Waals surface area contributed by atoms with Gasteiger partial charge in [-0.1, -0.05) is 77.6 Å². The molecule has 0 aromatic carbocycles. The van der Waals surface area contributed by atoms with Crippen LogP contribution in [0, 0.1) is 0 Å². The molecular weight excluding hydrogens is 474 g/mol. The van der Waals surface area contributed by atoms with Gasteiger partial charge in [-0.2, -0.15) is 0 Å². The zero-order valence-electron chi connectivity index (χ0n) is 23.7. The second-order valence-electron chi connectivity index (χ2n) is 10.4. The van der Waals surface area contributed by atoms with E-state index in [2.05, 4.69) is 16.7 Å². The van der Waals surface area contributed by atoms with Crippen molar-refractivity contribution in [3.63, 3.8) is 0 Å². The number of carbonyl (C=O) groups excluding carboxylic acids is 2. The molecule has 2 fully saturated rings. The molecule has 7 nitrogen and oxygen atoms in total. The third kappa shape index (κ3) is 11.9. The van der Waals surface area contributed by atoms with Gasteiger partial charge in [0.1, 0.15) is 0 Å². The Bertz CT molecular complexity index is 582. The largest absolute Gasteiger partial charge is 0.325 e. The van der Waals surface area contributed by atoms with E-state index in [1.807, 2.05) is 28.5 Å². The van der Waals surface area contributed by atoms with Gasteiger partial charge in [0.2, 0.25) is 0 Å². The van der Waals surface area contributed by atoms with Gasteiger partial charge in [0, 0.05) is 72.0 Å². The third-order valence-corrected chi connectivity index (χ3v) is 7.83. The summed E-state index contributed by atoms with van der Waals surface area (Å²) in [5.41, 5.74) is 0. The van der Waals surface area contributed by atoms with Crippen LogP contribution in [-0.4, -0.2) is 109 Å². The Morgan fingerprint density at radius 3 is 1.61 bits per heavy atom. The number of urea groups is 2. The van der Waals surface area contributed by atoms with Crippen LogP contribution >= 0.6 is 12.4 Å². The van der Waals surface area contributed by atoms with E-state index in [-0.39, 0.29) is 24.5 Å². The molecule has 36 heavy (non-hydrogen) atoms. The van der Waals surface area contributed by atoms with Crippen molar-refractivity contribution in [3.8, 4) is 0 Å². The Balaban J connectivity index is 0.00000648. The lowest BCUT2D eigenvalue weighted by Crippen LogP contribution is -2.53. The fourth-order valence-corrected chi connectivity index (χ4v) is 5.31. The van der Waals surface area contributed by atoms with E-state index < -0.39 is 0 Å². The molecule has 212 valence electrons. The molecule has 2 heterocycles. The molecule has 2 saturated heterocycles. The summed E-state index contributed by atoms with van der Waals surface area (Å²) in [5, 5.41) is 0. The third-order valence-electron chi connectivity index (χ3n) is 7.83. The van der Waals surface area contributed by atoms with E-state index in [4.69, 9.17) is 0 Å². The fraction of sp³-hybridized carbons (Fsp3) is 0.929. The number of rotatable bonds is 18. The zero-order valence-corrected chi connectivity index (χ0v) is 24.5. The van der Waals surface area contributed by atoms with Crippen LogP contribution in [0.2, 0.25) is 0 Å². The van der Waals surface area contributed by atoms with Crippen molar-refractivity contribution in [2.75, 3.05) is 72.0 Å². The van der Waals surface area contributed by atoms with Crippen LogP contribution in [0.15, 0.2) is 0 Å². The maximum Gasteiger partial charge on any atom is 0.320 e. The summed E-state index contributed by atoms with van der Waals surface area (Å²) in [7, 11) is 0. The van der Waals surface area contributed by atoms with Crippen molar-refractivity contribution in [2.24, 2.45) is 0 Å². The lowest BCUT2D eigenvalue weighted by molar-refractivity contribution is 0.111.